The molecule has 1 aliphatic rings. The molecule has 6 nitrogen and oxygen atoms in total. The summed E-state index contributed by atoms with van der Waals surface area (Å²) in [4.78, 5) is 1.49. The van der Waals surface area contributed by atoms with Gasteiger partial charge in [0.15, 0.2) is 5.82 Å². The van der Waals surface area contributed by atoms with Gasteiger partial charge in [-0.1, -0.05) is 31.2 Å². The number of aryl methyl sites for hydroxylation is 1. The van der Waals surface area contributed by atoms with Gasteiger partial charge in [0.2, 0.25) is 0 Å². The number of nitrogens with zero attached hydrogens (tertiary/aromatic N) is 4. The van der Waals surface area contributed by atoms with Crippen molar-refractivity contribution in [1.82, 2.24) is 25.5 Å². The summed E-state index contributed by atoms with van der Waals surface area (Å²) in [7, 11) is 1.78. The number of nitrogens with one attached hydrogen (secondary N) is 1. The van der Waals surface area contributed by atoms with Crippen molar-refractivity contribution in [2.24, 2.45) is 7.05 Å². The van der Waals surface area contributed by atoms with Crippen molar-refractivity contribution in [1.29, 1.82) is 0 Å². The van der Waals surface area contributed by atoms with Gasteiger partial charge in [-0.25, -0.2) is 0 Å². The zero-order valence-corrected chi connectivity index (χ0v) is 12.5. The van der Waals surface area contributed by atoms with Crippen LogP contribution in [0.15, 0.2) is 24.3 Å². The molecule has 0 radical (unpaired) electrons. The molecule has 0 spiro atoms. The summed E-state index contributed by atoms with van der Waals surface area (Å²) in [6.07, 6.45) is 1.73. The first kappa shape index (κ1) is 14.2. The Labute approximate surface area is 124 Å². The Morgan fingerprint density at radius 1 is 1.43 bits per heavy atom. The molecule has 0 saturated heterocycles. The van der Waals surface area contributed by atoms with Crippen LogP contribution in [0.5, 0.6) is 0 Å². The average Bonchev–Trinajstić information content (AvgIpc) is 2.91. The molecular weight excluding hydrogens is 266 g/mol. The molecule has 1 aliphatic heterocycles. The lowest BCUT2D eigenvalue weighted by molar-refractivity contribution is 0.0153. The first-order valence-corrected chi connectivity index (χ1v) is 7.43. The molecule has 2 unspecified atom stereocenters. The van der Waals surface area contributed by atoms with Gasteiger partial charge in [0.05, 0.1) is 19.8 Å². The van der Waals surface area contributed by atoms with Gasteiger partial charge < -0.3 is 10.1 Å². The maximum Gasteiger partial charge on any atom is 0.176 e. The van der Waals surface area contributed by atoms with E-state index in [0.717, 1.165) is 25.4 Å². The highest BCUT2D eigenvalue weighted by molar-refractivity contribution is 5.32. The van der Waals surface area contributed by atoms with E-state index in [4.69, 9.17) is 4.74 Å². The van der Waals surface area contributed by atoms with E-state index >= 15 is 0 Å². The fourth-order valence-corrected chi connectivity index (χ4v) is 2.91. The number of hydrogen-bond acceptors (Lipinski definition) is 5. The van der Waals surface area contributed by atoms with E-state index < -0.39 is 0 Å². The molecule has 3 rings (SSSR count). The predicted octanol–water partition coefficient (Wildman–Crippen LogP) is 1.04. The van der Waals surface area contributed by atoms with Crippen LogP contribution < -0.4 is 5.32 Å². The molecule has 0 amide bonds. The van der Waals surface area contributed by atoms with Crippen molar-refractivity contribution in [3.05, 3.63) is 41.2 Å². The Bertz CT molecular complexity index is 597. The molecule has 21 heavy (non-hydrogen) atoms. The second kappa shape index (κ2) is 6.32. The molecule has 1 aromatic carbocycles. The van der Waals surface area contributed by atoms with Crippen LogP contribution in [0.3, 0.4) is 0 Å². The SMILES string of the molecule is CCNC(Cc1nnn(C)n1)C1OCCc2ccccc21. The summed E-state index contributed by atoms with van der Waals surface area (Å²) in [6.45, 7) is 3.75. The molecule has 2 heterocycles. The third-order valence-electron chi connectivity index (χ3n) is 3.81. The van der Waals surface area contributed by atoms with Crippen molar-refractivity contribution in [2.45, 2.75) is 31.9 Å². The second-order valence-electron chi connectivity index (χ2n) is 5.30. The predicted molar refractivity (Wildman–Crippen MR) is 78.8 cm³/mol. The van der Waals surface area contributed by atoms with E-state index in [9.17, 15) is 0 Å². The van der Waals surface area contributed by atoms with Crippen LogP contribution in [0, 0.1) is 0 Å². The van der Waals surface area contributed by atoms with Gasteiger partial charge in [-0.05, 0) is 29.3 Å². The van der Waals surface area contributed by atoms with Crippen molar-refractivity contribution >= 4 is 0 Å². The smallest absolute Gasteiger partial charge is 0.176 e. The third kappa shape index (κ3) is 3.11. The Kier molecular flexibility index (Phi) is 4.26. The maximum atomic E-state index is 6.05. The van der Waals surface area contributed by atoms with Gasteiger partial charge >= 0.3 is 0 Å². The van der Waals surface area contributed by atoms with Gasteiger partial charge in [0.1, 0.15) is 0 Å². The minimum atomic E-state index is 0.0405. The van der Waals surface area contributed by atoms with Gasteiger partial charge in [-0.2, -0.15) is 4.80 Å². The maximum absolute atomic E-state index is 6.05. The second-order valence-corrected chi connectivity index (χ2v) is 5.30. The Morgan fingerprint density at radius 3 is 3.05 bits per heavy atom. The molecule has 0 bridgehead atoms. The number of rotatable bonds is 5. The van der Waals surface area contributed by atoms with E-state index in [-0.39, 0.29) is 12.1 Å². The summed E-state index contributed by atoms with van der Waals surface area (Å²) < 4.78 is 6.05. The van der Waals surface area contributed by atoms with Crippen LogP contribution in [-0.2, 0) is 24.6 Å². The molecule has 2 aromatic rings. The van der Waals surface area contributed by atoms with Gasteiger partial charge in [-0.3, -0.25) is 0 Å². The molecule has 112 valence electrons. The third-order valence-corrected chi connectivity index (χ3v) is 3.81. The highest BCUT2D eigenvalue weighted by atomic mass is 16.5. The van der Waals surface area contributed by atoms with Crippen molar-refractivity contribution in [3.8, 4) is 0 Å². The molecule has 0 aliphatic carbocycles. The van der Waals surface area contributed by atoms with Crippen LogP contribution >= 0.6 is 0 Å². The standard InChI is InChI=1S/C15H21N5O/c1-3-16-13(10-14-17-19-20(2)18-14)15-12-7-5-4-6-11(12)8-9-21-15/h4-7,13,15-16H,3,8-10H2,1-2H3. The van der Waals surface area contributed by atoms with Crippen LogP contribution in [-0.4, -0.2) is 39.4 Å². The Hall–Kier alpha value is -1.79. The number of aromatic nitrogens is 4. The summed E-state index contributed by atoms with van der Waals surface area (Å²) in [5.41, 5.74) is 2.65. The van der Waals surface area contributed by atoms with Gasteiger partial charge in [-0.15, -0.1) is 10.2 Å². The molecular formula is C15H21N5O. The van der Waals surface area contributed by atoms with Crippen molar-refractivity contribution in [3.63, 3.8) is 0 Å². The van der Waals surface area contributed by atoms with E-state index in [2.05, 4.69) is 51.9 Å². The lowest BCUT2D eigenvalue weighted by Crippen LogP contribution is -2.40. The molecule has 0 saturated carbocycles. The van der Waals surface area contributed by atoms with E-state index in [1.54, 1.807) is 7.05 Å². The van der Waals surface area contributed by atoms with E-state index in [1.165, 1.54) is 15.9 Å². The summed E-state index contributed by atoms with van der Waals surface area (Å²) >= 11 is 0. The number of benzene rings is 1. The highest BCUT2D eigenvalue weighted by Crippen LogP contribution is 2.30. The fraction of sp³-hybridized carbons (Fsp3) is 0.533. The number of fused-ring (bicyclic) bond motifs is 1. The molecule has 2 atom stereocenters. The minimum absolute atomic E-state index is 0.0405. The van der Waals surface area contributed by atoms with Crippen LogP contribution in [0.2, 0.25) is 0 Å². The summed E-state index contributed by atoms with van der Waals surface area (Å²) in [5, 5.41) is 15.8. The van der Waals surface area contributed by atoms with Crippen LogP contribution in [0.4, 0.5) is 0 Å². The normalized spacial score (nSPS) is 19.2. The van der Waals surface area contributed by atoms with Gasteiger partial charge in [0.25, 0.3) is 0 Å². The van der Waals surface area contributed by atoms with Crippen LogP contribution in [0.25, 0.3) is 0 Å². The topological polar surface area (TPSA) is 64.9 Å². The quantitative estimate of drug-likeness (QED) is 0.890. The fourth-order valence-electron chi connectivity index (χ4n) is 2.91. The number of hydrogen-bond donors (Lipinski definition) is 1. The summed E-state index contributed by atoms with van der Waals surface area (Å²) in [5.74, 6) is 0.745. The summed E-state index contributed by atoms with van der Waals surface area (Å²) in [6, 6.07) is 8.67. The average molecular weight is 287 g/mol. The van der Waals surface area contributed by atoms with Crippen LogP contribution in [0.1, 0.15) is 30.0 Å². The molecule has 1 aromatic heterocycles. The lowest BCUT2D eigenvalue weighted by Gasteiger charge is -2.32. The molecule has 1 N–H and O–H groups in total. The zero-order valence-electron chi connectivity index (χ0n) is 12.5. The van der Waals surface area contributed by atoms with E-state index in [0.29, 0.717) is 6.42 Å². The zero-order chi connectivity index (χ0) is 14.7. The van der Waals surface area contributed by atoms with Gasteiger partial charge in [0, 0.05) is 12.5 Å². The van der Waals surface area contributed by atoms with Crippen molar-refractivity contribution < 1.29 is 4.74 Å². The Balaban J connectivity index is 1.84. The first-order chi connectivity index (χ1) is 10.3. The number of tetrazole rings is 1. The highest BCUT2D eigenvalue weighted by Gasteiger charge is 2.29. The number of likely N-dealkylation sites (N-methyl/N-ethyl adjacent to an activating group) is 1. The Morgan fingerprint density at radius 2 is 2.29 bits per heavy atom. The lowest BCUT2D eigenvalue weighted by atomic mass is 9.91. The molecule has 0 fully saturated rings. The minimum Gasteiger partial charge on any atom is -0.372 e. The molecule has 6 heteroatoms. The van der Waals surface area contributed by atoms with E-state index in [1.807, 2.05) is 0 Å². The monoisotopic (exact) mass is 287 g/mol. The number of ether oxygens (including phenoxy) is 1. The largest absolute Gasteiger partial charge is 0.372 e. The van der Waals surface area contributed by atoms with Crippen molar-refractivity contribution in [2.75, 3.05) is 13.2 Å². The first-order valence-electron chi connectivity index (χ1n) is 7.43.